The van der Waals surface area contributed by atoms with Gasteiger partial charge in [-0.1, -0.05) is 0 Å². The summed E-state index contributed by atoms with van der Waals surface area (Å²) in [6.45, 7) is 6.93. The summed E-state index contributed by atoms with van der Waals surface area (Å²) >= 11 is 0. The van der Waals surface area contributed by atoms with Crippen molar-refractivity contribution in [2.45, 2.75) is 69.6 Å². The molecule has 5 aliphatic rings. The molecule has 5 fully saturated rings. The summed E-state index contributed by atoms with van der Waals surface area (Å²) in [7, 11) is 0. The Labute approximate surface area is 160 Å². The second-order valence-electron chi connectivity index (χ2n) is 9.25. The second kappa shape index (κ2) is 6.26. The molecular weight excluding hydrogens is 346 g/mol. The zero-order chi connectivity index (χ0) is 18.6. The molecule has 150 valence electrons. The Kier molecular flexibility index (Phi) is 4.08. The molecule has 0 radical (unpaired) electrons. The molecule has 0 aromatic rings. The van der Waals surface area contributed by atoms with Gasteiger partial charge in [-0.05, 0) is 44.4 Å². The van der Waals surface area contributed by atoms with E-state index < -0.39 is 0 Å². The van der Waals surface area contributed by atoms with E-state index in [1.807, 2.05) is 16.7 Å². The fourth-order valence-corrected chi connectivity index (χ4v) is 6.37. The lowest BCUT2D eigenvalue weighted by molar-refractivity contribution is -0.0621. The first-order valence-corrected chi connectivity index (χ1v) is 10.7. The standard InChI is InChI=1S/C20H31N3O4/c1-2-26-17(24)22-9-5-19(14-22)12-15(13-19)21-10-6-20(7-11-21)16-4-3-8-23(16)18(25)27-20/h15-16H,2-14H2,1H3. The molecule has 4 aliphatic heterocycles. The van der Waals surface area contributed by atoms with Crippen molar-refractivity contribution in [3.05, 3.63) is 0 Å². The predicted molar refractivity (Wildman–Crippen MR) is 98.4 cm³/mol. The molecule has 27 heavy (non-hydrogen) atoms. The third kappa shape index (κ3) is 2.72. The molecule has 1 atom stereocenters. The number of rotatable bonds is 2. The van der Waals surface area contributed by atoms with Crippen LogP contribution < -0.4 is 0 Å². The minimum atomic E-state index is -0.223. The maximum Gasteiger partial charge on any atom is 0.410 e. The number of hydrogen-bond acceptors (Lipinski definition) is 5. The molecule has 2 spiro atoms. The number of likely N-dealkylation sites (tertiary alicyclic amines) is 2. The van der Waals surface area contributed by atoms with Crippen molar-refractivity contribution in [3.63, 3.8) is 0 Å². The molecule has 0 N–H and O–H groups in total. The van der Waals surface area contributed by atoms with Gasteiger partial charge in [-0.25, -0.2) is 9.59 Å². The topological polar surface area (TPSA) is 62.3 Å². The van der Waals surface area contributed by atoms with Crippen LogP contribution in [0.25, 0.3) is 0 Å². The van der Waals surface area contributed by atoms with E-state index in [-0.39, 0.29) is 17.8 Å². The van der Waals surface area contributed by atoms with Gasteiger partial charge in [-0.3, -0.25) is 0 Å². The summed E-state index contributed by atoms with van der Waals surface area (Å²) in [5.41, 5.74) is 0.0915. The molecule has 5 rings (SSSR count). The zero-order valence-electron chi connectivity index (χ0n) is 16.3. The van der Waals surface area contributed by atoms with Crippen molar-refractivity contribution in [2.75, 3.05) is 39.3 Å². The van der Waals surface area contributed by atoms with Gasteiger partial charge in [-0.2, -0.15) is 0 Å². The van der Waals surface area contributed by atoms with E-state index in [4.69, 9.17) is 9.47 Å². The molecule has 7 nitrogen and oxygen atoms in total. The summed E-state index contributed by atoms with van der Waals surface area (Å²) in [6.07, 6.45) is 7.40. The fourth-order valence-electron chi connectivity index (χ4n) is 6.37. The second-order valence-corrected chi connectivity index (χ2v) is 9.25. The molecule has 0 aromatic heterocycles. The van der Waals surface area contributed by atoms with Gasteiger partial charge in [0.05, 0.1) is 12.6 Å². The fraction of sp³-hybridized carbons (Fsp3) is 0.900. The van der Waals surface area contributed by atoms with Crippen LogP contribution in [0.5, 0.6) is 0 Å². The van der Waals surface area contributed by atoms with Gasteiger partial charge in [0.2, 0.25) is 0 Å². The molecule has 4 saturated heterocycles. The highest BCUT2D eigenvalue weighted by Crippen LogP contribution is 2.52. The van der Waals surface area contributed by atoms with Gasteiger partial charge >= 0.3 is 12.2 Å². The van der Waals surface area contributed by atoms with Crippen LogP contribution in [0, 0.1) is 5.41 Å². The predicted octanol–water partition coefficient (Wildman–Crippen LogP) is 2.45. The smallest absolute Gasteiger partial charge is 0.410 e. The van der Waals surface area contributed by atoms with Gasteiger partial charge in [0.25, 0.3) is 0 Å². The lowest BCUT2D eigenvalue weighted by atomic mass is 9.64. The summed E-state index contributed by atoms with van der Waals surface area (Å²) in [5.74, 6) is 0. The van der Waals surface area contributed by atoms with Crippen LogP contribution in [0.4, 0.5) is 9.59 Å². The number of carbonyl (C=O) groups excluding carboxylic acids is 2. The van der Waals surface area contributed by atoms with Gasteiger partial charge in [-0.15, -0.1) is 0 Å². The number of carbonyl (C=O) groups is 2. The minimum Gasteiger partial charge on any atom is -0.450 e. The molecule has 0 aromatic carbocycles. The first-order valence-electron chi connectivity index (χ1n) is 10.7. The van der Waals surface area contributed by atoms with Crippen LogP contribution in [0.3, 0.4) is 0 Å². The monoisotopic (exact) mass is 377 g/mol. The quantitative estimate of drug-likeness (QED) is 0.740. The molecule has 1 unspecified atom stereocenters. The Bertz CT molecular complexity index is 625. The molecule has 7 heteroatoms. The van der Waals surface area contributed by atoms with E-state index >= 15 is 0 Å². The Morgan fingerprint density at radius 3 is 2.70 bits per heavy atom. The van der Waals surface area contributed by atoms with Crippen LogP contribution in [0.1, 0.15) is 51.9 Å². The van der Waals surface area contributed by atoms with Crippen molar-refractivity contribution in [3.8, 4) is 0 Å². The highest BCUT2D eigenvalue weighted by atomic mass is 16.6. The SMILES string of the molecule is CCOC(=O)N1CCC2(CC(N3CCC4(CC3)OC(=O)N3CCCC34)C2)C1. The van der Waals surface area contributed by atoms with E-state index in [0.717, 1.165) is 64.8 Å². The van der Waals surface area contributed by atoms with Crippen LogP contribution in [-0.2, 0) is 9.47 Å². The number of piperidine rings is 1. The maximum absolute atomic E-state index is 12.2. The number of hydrogen-bond donors (Lipinski definition) is 0. The summed E-state index contributed by atoms with van der Waals surface area (Å²) in [4.78, 5) is 30.6. The largest absolute Gasteiger partial charge is 0.450 e. The first kappa shape index (κ1) is 17.6. The number of amides is 2. The van der Waals surface area contributed by atoms with E-state index in [1.54, 1.807) is 0 Å². The van der Waals surface area contributed by atoms with Crippen molar-refractivity contribution in [2.24, 2.45) is 5.41 Å². The van der Waals surface area contributed by atoms with Crippen molar-refractivity contribution >= 4 is 12.2 Å². The Balaban J connectivity index is 1.14. The molecule has 1 aliphatic carbocycles. The first-order chi connectivity index (χ1) is 13.0. The lowest BCUT2D eigenvalue weighted by Crippen LogP contribution is -2.58. The van der Waals surface area contributed by atoms with E-state index in [0.29, 0.717) is 24.1 Å². The highest BCUT2D eigenvalue weighted by Gasteiger charge is 2.58. The number of ether oxygens (including phenoxy) is 2. The van der Waals surface area contributed by atoms with E-state index in [9.17, 15) is 9.59 Å². The van der Waals surface area contributed by atoms with Crippen LogP contribution in [0.2, 0.25) is 0 Å². The third-order valence-electron chi connectivity index (χ3n) is 7.85. The molecule has 2 amide bonds. The van der Waals surface area contributed by atoms with Gasteiger partial charge < -0.3 is 24.2 Å². The average molecular weight is 377 g/mol. The van der Waals surface area contributed by atoms with Crippen molar-refractivity contribution < 1.29 is 19.1 Å². The molecular formula is C20H31N3O4. The zero-order valence-corrected chi connectivity index (χ0v) is 16.3. The minimum absolute atomic E-state index is 0.0847. The van der Waals surface area contributed by atoms with Crippen LogP contribution in [0.15, 0.2) is 0 Å². The normalized spacial score (nSPS) is 37.6. The third-order valence-corrected chi connectivity index (χ3v) is 7.85. The Morgan fingerprint density at radius 2 is 1.96 bits per heavy atom. The highest BCUT2D eigenvalue weighted by molar-refractivity contribution is 5.72. The molecule has 1 saturated carbocycles. The van der Waals surface area contributed by atoms with E-state index in [2.05, 4.69) is 4.90 Å². The summed E-state index contributed by atoms with van der Waals surface area (Å²) in [6, 6.07) is 0.939. The Hall–Kier alpha value is -1.50. The van der Waals surface area contributed by atoms with Gasteiger partial charge in [0.1, 0.15) is 5.60 Å². The Morgan fingerprint density at radius 1 is 1.19 bits per heavy atom. The van der Waals surface area contributed by atoms with Crippen LogP contribution in [-0.4, -0.2) is 83.9 Å². The van der Waals surface area contributed by atoms with Gasteiger partial charge in [0, 0.05) is 51.6 Å². The van der Waals surface area contributed by atoms with Crippen LogP contribution >= 0.6 is 0 Å². The maximum atomic E-state index is 12.2. The molecule has 4 heterocycles. The summed E-state index contributed by atoms with van der Waals surface area (Å²) < 4.78 is 11.1. The van der Waals surface area contributed by atoms with Crippen molar-refractivity contribution in [1.29, 1.82) is 0 Å². The summed E-state index contributed by atoms with van der Waals surface area (Å²) in [5, 5.41) is 0. The lowest BCUT2D eigenvalue weighted by Gasteiger charge is -2.52. The number of fused-ring (bicyclic) bond motifs is 2. The van der Waals surface area contributed by atoms with Gasteiger partial charge in [0.15, 0.2) is 0 Å². The molecule has 0 bridgehead atoms. The van der Waals surface area contributed by atoms with E-state index in [1.165, 1.54) is 12.8 Å². The number of nitrogens with zero attached hydrogens (tertiary/aromatic N) is 3. The average Bonchev–Trinajstić information content (AvgIpc) is 3.33. The van der Waals surface area contributed by atoms with Crippen molar-refractivity contribution in [1.82, 2.24) is 14.7 Å².